The lowest BCUT2D eigenvalue weighted by Crippen LogP contribution is -1.99. The molecule has 0 amide bonds. The van der Waals surface area contributed by atoms with Crippen molar-refractivity contribution in [3.63, 3.8) is 0 Å². The van der Waals surface area contributed by atoms with Gasteiger partial charge in [0, 0.05) is 28.8 Å². The van der Waals surface area contributed by atoms with Gasteiger partial charge in [-0.3, -0.25) is 4.98 Å². The summed E-state index contributed by atoms with van der Waals surface area (Å²) in [4.78, 5) is 12.8. The molecule has 0 radical (unpaired) electrons. The van der Waals surface area contributed by atoms with Crippen LogP contribution in [0.3, 0.4) is 0 Å². The maximum atomic E-state index is 6.65. The van der Waals surface area contributed by atoms with Crippen LogP contribution in [0.5, 0.6) is 11.5 Å². The highest BCUT2D eigenvalue weighted by Gasteiger charge is 2.33. The van der Waals surface area contributed by atoms with E-state index in [0.717, 1.165) is 40.8 Å². The number of fused-ring (bicyclic) bond motifs is 1. The second-order valence-corrected chi connectivity index (χ2v) is 6.64. The van der Waals surface area contributed by atoms with Crippen LogP contribution in [0.4, 0.5) is 0 Å². The molecule has 4 rings (SSSR count). The molecule has 2 aromatic heterocycles. The monoisotopic (exact) mass is 375 g/mol. The van der Waals surface area contributed by atoms with Gasteiger partial charge < -0.3 is 9.47 Å². The van der Waals surface area contributed by atoms with Crippen LogP contribution in [0.1, 0.15) is 24.3 Å². The molecule has 0 N–H and O–H groups in total. The van der Waals surface area contributed by atoms with Crippen molar-refractivity contribution in [3.8, 4) is 22.8 Å². The Hall–Kier alpha value is -2.11. The molecule has 0 bridgehead atoms. The zero-order valence-electron chi connectivity index (χ0n) is 13.7. The minimum Gasteiger partial charge on any atom is -0.496 e. The number of methoxy groups -OCH3 is 2. The molecule has 0 unspecified atom stereocenters. The predicted molar refractivity (Wildman–Crippen MR) is 97.9 cm³/mol. The second-order valence-electron chi connectivity index (χ2n) is 5.93. The van der Waals surface area contributed by atoms with Crippen molar-refractivity contribution in [2.24, 2.45) is 0 Å². The number of halogens is 2. The third-order valence-corrected chi connectivity index (χ3v) is 4.91. The molecule has 3 aromatic rings. The van der Waals surface area contributed by atoms with Crippen molar-refractivity contribution in [2.45, 2.75) is 18.8 Å². The van der Waals surface area contributed by atoms with Gasteiger partial charge in [-0.2, -0.15) is 0 Å². The Kier molecular flexibility index (Phi) is 4.13. The first-order chi connectivity index (χ1) is 12.1. The van der Waals surface area contributed by atoms with E-state index in [4.69, 9.17) is 32.7 Å². The lowest BCUT2D eigenvalue weighted by atomic mass is 9.97. The van der Waals surface area contributed by atoms with Crippen molar-refractivity contribution in [3.05, 3.63) is 40.4 Å². The molecular weight excluding hydrogens is 361 g/mol. The van der Waals surface area contributed by atoms with E-state index in [0.29, 0.717) is 22.2 Å². The van der Waals surface area contributed by atoms with Crippen molar-refractivity contribution in [1.29, 1.82) is 0 Å². The molecular formula is C18H15Cl2N3O2. The largest absolute Gasteiger partial charge is 0.496 e. The molecule has 1 aliphatic rings. The molecule has 128 valence electrons. The maximum absolute atomic E-state index is 6.65. The van der Waals surface area contributed by atoms with Gasteiger partial charge >= 0.3 is 0 Å². The predicted octanol–water partition coefficient (Wildman–Crippen LogP) is 4.89. The topological polar surface area (TPSA) is 57.1 Å². The second kappa shape index (κ2) is 6.32. The van der Waals surface area contributed by atoms with E-state index in [1.165, 1.54) is 0 Å². The lowest BCUT2D eigenvalue weighted by molar-refractivity contribution is 0.391. The summed E-state index contributed by atoms with van der Waals surface area (Å²) in [6.07, 6.45) is 5.58. The normalized spacial score (nSPS) is 13.9. The van der Waals surface area contributed by atoms with Crippen molar-refractivity contribution < 1.29 is 9.47 Å². The van der Waals surface area contributed by atoms with E-state index in [9.17, 15) is 0 Å². The summed E-state index contributed by atoms with van der Waals surface area (Å²) in [5, 5.41) is 1.57. The van der Waals surface area contributed by atoms with Gasteiger partial charge in [-0.05, 0) is 36.4 Å². The zero-order valence-corrected chi connectivity index (χ0v) is 15.2. The van der Waals surface area contributed by atoms with Gasteiger partial charge in [-0.15, -0.1) is 0 Å². The molecule has 1 aromatic carbocycles. The standard InChI is InChI=1S/C18H15Cl2N3O2/c1-24-13-6-14(25-2)17(19)16(15(13)9-3-4-9)11-5-10-7-22-18(20)23-12(10)8-21-11/h5-9H,3-4H2,1-2H3. The van der Waals surface area contributed by atoms with Gasteiger partial charge in [-0.25, -0.2) is 9.97 Å². The maximum Gasteiger partial charge on any atom is 0.222 e. The molecule has 1 saturated carbocycles. The number of benzene rings is 1. The first kappa shape index (κ1) is 16.4. The summed E-state index contributed by atoms with van der Waals surface area (Å²) in [6, 6.07) is 3.75. The summed E-state index contributed by atoms with van der Waals surface area (Å²) < 4.78 is 11.0. The van der Waals surface area contributed by atoms with Gasteiger partial charge in [0.1, 0.15) is 11.5 Å². The fourth-order valence-electron chi connectivity index (χ4n) is 3.02. The minimum atomic E-state index is 0.196. The molecule has 5 nitrogen and oxygen atoms in total. The molecule has 7 heteroatoms. The Morgan fingerprint density at radius 2 is 1.76 bits per heavy atom. The Bertz CT molecular complexity index is 974. The fraction of sp³-hybridized carbons (Fsp3) is 0.278. The van der Waals surface area contributed by atoms with Crippen LogP contribution < -0.4 is 9.47 Å². The molecule has 0 spiro atoms. The molecule has 1 fully saturated rings. The summed E-state index contributed by atoms with van der Waals surface area (Å²) in [5.41, 5.74) is 3.34. The van der Waals surface area contributed by atoms with E-state index in [-0.39, 0.29) is 5.28 Å². The number of pyridine rings is 1. The number of hydrogen-bond donors (Lipinski definition) is 0. The van der Waals surface area contributed by atoms with Crippen molar-refractivity contribution >= 4 is 34.1 Å². The summed E-state index contributed by atoms with van der Waals surface area (Å²) >= 11 is 12.5. The molecule has 25 heavy (non-hydrogen) atoms. The number of nitrogens with zero attached hydrogens (tertiary/aromatic N) is 3. The van der Waals surface area contributed by atoms with Gasteiger partial charge in [0.05, 0.1) is 36.6 Å². The summed E-state index contributed by atoms with van der Waals surface area (Å²) in [7, 11) is 3.24. The SMILES string of the molecule is COc1cc(OC)c(C2CC2)c(-c2cc3cnc(Cl)nc3cn2)c1Cl. The van der Waals surface area contributed by atoms with E-state index >= 15 is 0 Å². The van der Waals surface area contributed by atoms with Crippen LogP contribution >= 0.6 is 23.2 Å². The van der Waals surface area contributed by atoms with Gasteiger partial charge in [0.15, 0.2) is 0 Å². The minimum absolute atomic E-state index is 0.196. The third-order valence-electron chi connectivity index (χ3n) is 4.35. The van der Waals surface area contributed by atoms with Crippen LogP contribution in [-0.4, -0.2) is 29.2 Å². The van der Waals surface area contributed by atoms with Crippen LogP contribution in [-0.2, 0) is 0 Å². The molecule has 0 aliphatic heterocycles. The lowest BCUT2D eigenvalue weighted by Gasteiger charge is -2.18. The molecule has 2 heterocycles. The first-order valence-corrected chi connectivity index (χ1v) is 8.61. The van der Waals surface area contributed by atoms with Crippen LogP contribution in [0.25, 0.3) is 22.2 Å². The Labute approximate surface area is 154 Å². The summed E-state index contributed by atoms with van der Waals surface area (Å²) in [5.74, 6) is 1.76. The highest BCUT2D eigenvalue weighted by Crippen LogP contribution is 2.53. The average Bonchev–Trinajstić information content (AvgIpc) is 3.45. The van der Waals surface area contributed by atoms with Crippen molar-refractivity contribution in [1.82, 2.24) is 15.0 Å². The Morgan fingerprint density at radius 3 is 2.44 bits per heavy atom. The number of ether oxygens (including phenoxy) is 2. The summed E-state index contributed by atoms with van der Waals surface area (Å²) in [6.45, 7) is 0. The Morgan fingerprint density at radius 1 is 1.00 bits per heavy atom. The van der Waals surface area contributed by atoms with Crippen molar-refractivity contribution in [2.75, 3.05) is 14.2 Å². The van der Waals surface area contributed by atoms with Gasteiger partial charge in [0.25, 0.3) is 0 Å². The highest BCUT2D eigenvalue weighted by atomic mass is 35.5. The zero-order chi connectivity index (χ0) is 17.6. The quantitative estimate of drug-likeness (QED) is 0.607. The number of aromatic nitrogens is 3. The van der Waals surface area contributed by atoms with E-state index in [1.54, 1.807) is 26.6 Å². The Balaban J connectivity index is 1.99. The van der Waals surface area contributed by atoms with Crippen LogP contribution in [0, 0.1) is 0 Å². The average molecular weight is 376 g/mol. The fourth-order valence-corrected chi connectivity index (χ4v) is 3.49. The molecule has 0 saturated heterocycles. The van der Waals surface area contributed by atoms with E-state index in [1.807, 2.05) is 12.1 Å². The van der Waals surface area contributed by atoms with E-state index < -0.39 is 0 Å². The van der Waals surface area contributed by atoms with Crippen LogP contribution in [0.15, 0.2) is 24.5 Å². The molecule has 1 aliphatic carbocycles. The number of hydrogen-bond acceptors (Lipinski definition) is 5. The third kappa shape index (κ3) is 2.87. The molecule has 0 atom stereocenters. The van der Waals surface area contributed by atoms with Crippen LogP contribution in [0.2, 0.25) is 10.3 Å². The van der Waals surface area contributed by atoms with Gasteiger partial charge in [0.2, 0.25) is 5.28 Å². The smallest absolute Gasteiger partial charge is 0.222 e. The first-order valence-electron chi connectivity index (χ1n) is 7.85. The number of rotatable bonds is 4. The van der Waals surface area contributed by atoms with Gasteiger partial charge in [-0.1, -0.05) is 11.6 Å². The van der Waals surface area contributed by atoms with E-state index in [2.05, 4.69) is 15.0 Å². The highest BCUT2D eigenvalue weighted by molar-refractivity contribution is 6.35.